The number of rotatable bonds is 6. The van der Waals surface area contributed by atoms with Crippen molar-refractivity contribution < 1.29 is 19.4 Å². The van der Waals surface area contributed by atoms with Crippen LogP contribution in [0, 0.1) is 6.92 Å². The number of anilines is 2. The van der Waals surface area contributed by atoms with Crippen LogP contribution in [-0.4, -0.2) is 44.8 Å². The molecule has 1 aromatic carbocycles. The van der Waals surface area contributed by atoms with Crippen LogP contribution in [-0.2, 0) is 22.5 Å². The monoisotopic (exact) mass is 547 g/mol. The van der Waals surface area contributed by atoms with Gasteiger partial charge in [-0.05, 0) is 49.1 Å². The van der Waals surface area contributed by atoms with E-state index in [4.69, 9.17) is 4.74 Å². The number of benzene rings is 1. The van der Waals surface area contributed by atoms with Crippen LogP contribution in [0.1, 0.15) is 50.3 Å². The van der Waals surface area contributed by atoms with Crippen molar-refractivity contribution in [3.8, 4) is 11.3 Å². The van der Waals surface area contributed by atoms with Crippen molar-refractivity contribution in [1.82, 2.24) is 15.0 Å². The van der Waals surface area contributed by atoms with E-state index in [0.29, 0.717) is 53.1 Å². The quantitative estimate of drug-likeness (QED) is 0.364. The van der Waals surface area contributed by atoms with Crippen LogP contribution in [0.25, 0.3) is 11.3 Å². The third-order valence-corrected chi connectivity index (χ3v) is 8.81. The lowest BCUT2D eigenvalue weighted by atomic mass is 9.97. The second-order valence-electron chi connectivity index (χ2n) is 9.30. The van der Waals surface area contributed by atoms with Crippen LogP contribution in [0.3, 0.4) is 0 Å². The Morgan fingerprint density at radius 2 is 2.16 bits per heavy atom. The fourth-order valence-corrected chi connectivity index (χ4v) is 6.62. The van der Waals surface area contributed by atoms with Crippen molar-refractivity contribution in [2.75, 3.05) is 16.8 Å². The van der Waals surface area contributed by atoms with E-state index in [2.05, 4.69) is 26.3 Å². The molecule has 4 aromatic rings. The molecule has 3 aromatic heterocycles. The van der Waals surface area contributed by atoms with Gasteiger partial charge in [0.15, 0.2) is 11.4 Å². The number of aromatic nitrogens is 3. The lowest BCUT2D eigenvalue weighted by molar-refractivity contribution is -0.119. The van der Waals surface area contributed by atoms with E-state index >= 15 is 0 Å². The van der Waals surface area contributed by atoms with E-state index in [9.17, 15) is 14.7 Å². The fraction of sp³-hybridized carbons (Fsp3) is 0.296. The van der Waals surface area contributed by atoms with E-state index < -0.39 is 6.29 Å². The Morgan fingerprint density at radius 3 is 2.95 bits per heavy atom. The Hall–Kier alpha value is -3.51. The van der Waals surface area contributed by atoms with Crippen LogP contribution >= 0.6 is 22.7 Å². The van der Waals surface area contributed by atoms with Gasteiger partial charge in [0.25, 0.3) is 5.91 Å². The molecule has 0 spiro atoms. The zero-order valence-electron chi connectivity index (χ0n) is 20.6. The summed E-state index contributed by atoms with van der Waals surface area (Å²) in [5.41, 5.74) is 5.30. The first-order valence-corrected chi connectivity index (χ1v) is 14.0. The molecule has 11 heteroatoms. The Bertz CT molecular complexity index is 1500. The second kappa shape index (κ2) is 10.3. The van der Waals surface area contributed by atoms with Gasteiger partial charge in [-0.1, -0.05) is 12.1 Å². The predicted molar refractivity (Wildman–Crippen MR) is 145 cm³/mol. The number of aliphatic hydroxyl groups is 1. The van der Waals surface area contributed by atoms with E-state index in [1.54, 1.807) is 19.3 Å². The van der Waals surface area contributed by atoms with E-state index in [1.807, 2.05) is 34.5 Å². The van der Waals surface area contributed by atoms with Crippen LogP contribution in [0.15, 0.2) is 48.1 Å². The zero-order chi connectivity index (χ0) is 26.2. The molecule has 9 nitrogen and oxygen atoms in total. The molecule has 2 atom stereocenters. The number of nitrogens with one attached hydrogen (secondary N) is 1. The molecule has 0 saturated carbocycles. The molecular weight excluding hydrogens is 522 g/mol. The normalized spacial score (nSPS) is 19.0. The number of fused-ring (bicyclic) bond motifs is 1. The van der Waals surface area contributed by atoms with Gasteiger partial charge in [-0.25, -0.2) is 9.97 Å². The average Bonchev–Trinajstić information content (AvgIpc) is 3.66. The number of ether oxygens (including phenoxy) is 1. The summed E-state index contributed by atoms with van der Waals surface area (Å²) in [5, 5.41) is 16.0. The highest BCUT2D eigenvalue weighted by molar-refractivity contribution is 7.15. The highest BCUT2D eigenvalue weighted by Gasteiger charge is 2.32. The zero-order valence-corrected chi connectivity index (χ0v) is 22.2. The second-order valence-corrected chi connectivity index (χ2v) is 11.2. The molecule has 2 aliphatic rings. The summed E-state index contributed by atoms with van der Waals surface area (Å²) >= 11 is 2.64. The molecule has 0 bridgehead atoms. The molecule has 2 N–H and O–H groups in total. The summed E-state index contributed by atoms with van der Waals surface area (Å²) < 4.78 is 5.23. The topological polar surface area (TPSA) is 118 Å². The number of thiazole rings is 2. The largest absolute Gasteiger partial charge is 0.367 e. The van der Waals surface area contributed by atoms with Gasteiger partial charge in [0, 0.05) is 35.4 Å². The van der Waals surface area contributed by atoms with Crippen molar-refractivity contribution in [3.63, 3.8) is 0 Å². The maximum Gasteiger partial charge on any atom is 0.269 e. The summed E-state index contributed by atoms with van der Waals surface area (Å²) in [7, 11) is 0. The number of aryl methyl sites for hydroxylation is 2. The number of carbonyl (C=O) groups excluding carboxylic acids is 2. The Kier molecular flexibility index (Phi) is 6.75. The maximum absolute atomic E-state index is 13.0. The standard InChI is InChI=1S/C27H25N5O4S2/c1-15-23(38-25(29-15)19-8-10-36-26(19)35)24(34)31-27-30-20(14-37-27)17-4-6-21-18(11-17)5-7-22(33)32(21)13-16-3-2-9-28-12-16/h2-4,6,9,11-12,14,19,26,35H,5,7-8,10,13H2,1H3,(H,30,31,34). The van der Waals surface area contributed by atoms with Crippen molar-refractivity contribution in [3.05, 3.63) is 74.8 Å². The summed E-state index contributed by atoms with van der Waals surface area (Å²) in [4.78, 5) is 41.3. The first kappa shape index (κ1) is 24.8. The summed E-state index contributed by atoms with van der Waals surface area (Å²) in [6.07, 6.45) is 4.43. The predicted octanol–water partition coefficient (Wildman–Crippen LogP) is 4.52. The van der Waals surface area contributed by atoms with E-state index in [0.717, 1.165) is 28.1 Å². The molecule has 2 aliphatic heterocycles. The van der Waals surface area contributed by atoms with E-state index in [-0.39, 0.29) is 17.7 Å². The van der Waals surface area contributed by atoms with Gasteiger partial charge >= 0.3 is 0 Å². The Balaban J connectivity index is 1.18. The highest BCUT2D eigenvalue weighted by atomic mass is 32.1. The van der Waals surface area contributed by atoms with Crippen molar-refractivity contribution in [2.24, 2.45) is 0 Å². The summed E-state index contributed by atoms with van der Waals surface area (Å²) in [6, 6.07) is 9.85. The summed E-state index contributed by atoms with van der Waals surface area (Å²) in [5.74, 6) is -0.369. The van der Waals surface area contributed by atoms with Gasteiger partial charge in [0.1, 0.15) is 9.88 Å². The van der Waals surface area contributed by atoms with Gasteiger partial charge in [0.05, 0.1) is 30.5 Å². The molecular formula is C27H25N5O4S2. The molecule has 2 amide bonds. The van der Waals surface area contributed by atoms with E-state index in [1.165, 1.54) is 22.7 Å². The van der Waals surface area contributed by atoms with Crippen LogP contribution in [0.2, 0.25) is 0 Å². The van der Waals surface area contributed by atoms with Gasteiger partial charge in [-0.2, -0.15) is 0 Å². The average molecular weight is 548 g/mol. The number of amides is 2. The van der Waals surface area contributed by atoms with Crippen LogP contribution in [0.5, 0.6) is 0 Å². The van der Waals surface area contributed by atoms with Gasteiger partial charge in [0.2, 0.25) is 5.91 Å². The first-order chi connectivity index (χ1) is 18.5. The molecule has 1 fully saturated rings. The number of aliphatic hydroxyl groups excluding tert-OH is 1. The molecule has 194 valence electrons. The SMILES string of the molecule is Cc1nc(C2CCOC2O)sc1C(=O)Nc1nc(-c2ccc3c(c2)CCC(=O)N3Cc2cccnc2)cs1. The van der Waals surface area contributed by atoms with Gasteiger partial charge in [-0.15, -0.1) is 22.7 Å². The first-order valence-electron chi connectivity index (χ1n) is 12.3. The Morgan fingerprint density at radius 1 is 1.26 bits per heavy atom. The molecule has 0 aliphatic carbocycles. The number of nitrogens with zero attached hydrogens (tertiary/aromatic N) is 4. The Labute approximate surface area is 227 Å². The molecule has 2 unspecified atom stereocenters. The molecule has 6 rings (SSSR count). The minimum atomic E-state index is -0.879. The lowest BCUT2D eigenvalue weighted by Crippen LogP contribution is -2.34. The van der Waals surface area contributed by atoms with Crippen LogP contribution < -0.4 is 10.2 Å². The number of carbonyl (C=O) groups is 2. The summed E-state index contributed by atoms with van der Waals surface area (Å²) in [6.45, 7) is 2.76. The van der Waals surface area contributed by atoms with Crippen LogP contribution in [0.4, 0.5) is 10.8 Å². The highest BCUT2D eigenvalue weighted by Crippen LogP contribution is 2.36. The van der Waals surface area contributed by atoms with Crippen molar-refractivity contribution in [1.29, 1.82) is 0 Å². The van der Waals surface area contributed by atoms with Crippen molar-refractivity contribution in [2.45, 2.75) is 44.9 Å². The fourth-order valence-electron chi connectivity index (χ4n) is 4.79. The minimum absolute atomic E-state index is 0.101. The number of hydrogen-bond donors (Lipinski definition) is 2. The number of hydrogen-bond acceptors (Lipinski definition) is 9. The maximum atomic E-state index is 13.0. The molecule has 0 radical (unpaired) electrons. The third kappa shape index (κ3) is 4.85. The van der Waals surface area contributed by atoms with Gasteiger partial charge < -0.3 is 14.7 Å². The third-order valence-electron chi connectivity index (χ3n) is 6.76. The molecule has 38 heavy (non-hydrogen) atoms. The van der Waals surface area contributed by atoms with Gasteiger partial charge in [-0.3, -0.25) is 19.9 Å². The molecule has 5 heterocycles. The van der Waals surface area contributed by atoms with Crippen molar-refractivity contribution >= 4 is 45.3 Å². The minimum Gasteiger partial charge on any atom is -0.367 e. The lowest BCUT2D eigenvalue weighted by Gasteiger charge is -2.29. The molecule has 1 saturated heterocycles. The number of pyridine rings is 1. The smallest absolute Gasteiger partial charge is 0.269 e.